The summed E-state index contributed by atoms with van der Waals surface area (Å²) in [6.07, 6.45) is 3.04. The largest absolute Gasteiger partial charge is 0.511 e. The molecule has 18 heavy (non-hydrogen) atoms. The minimum Gasteiger partial charge on any atom is -0.511 e. The van der Waals surface area contributed by atoms with Crippen LogP contribution >= 0.6 is 0 Å². The summed E-state index contributed by atoms with van der Waals surface area (Å²) in [7, 11) is 0. The lowest BCUT2D eigenvalue weighted by Gasteiger charge is -2.29. The molecule has 0 heterocycles. The molecule has 0 unspecified atom stereocenters. The highest BCUT2D eigenvalue weighted by atomic mass is 16.6. The van der Waals surface area contributed by atoms with Crippen LogP contribution in [0.3, 0.4) is 0 Å². The first kappa shape index (κ1) is 14.5. The average molecular weight is 251 g/mol. The van der Waals surface area contributed by atoms with Crippen molar-refractivity contribution in [2.24, 2.45) is 10.6 Å². The Labute approximate surface area is 108 Å². The zero-order valence-corrected chi connectivity index (χ0v) is 11.3. The molecule has 1 aliphatic carbocycles. The number of oxime groups is 1. The summed E-state index contributed by atoms with van der Waals surface area (Å²) in [5, 5.41) is 13.9. The van der Waals surface area contributed by atoms with Gasteiger partial charge in [-0.2, -0.15) is 0 Å². The van der Waals surface area contributed by atoms with Gasteiger partial charge in [-0.25, -0.2) is 0 Å². The third kappa shape index (κ3) is 3.45. The number of ketones is 1. The molecular weight excluding hydrogens is 230 g/mol. The van der Waals surface area contributed by atoms with E-state index in [0.717, 1.165) is 0 Å². The number of carbonyl (C=O) groups excluding carboxylic acids is 1. The minimum absolute atomic E-state index is 0.0634. The Morgan fingerprint density at radius 2 is 2.22 bits per heavy atom. The number of allylic oxidation sites excluding steroid dienone is 2. The first-order valence-corrected chi connectivity index (χ1v) is 6.16. The van der Waals surface area contributed by atoms with Crippen LogP contribution in [0.5, 0.6) is 0 Å². The van der Waals surface area contributed by atoms with Gasteiger partial charge in [-0.05, 0) is 11.8 Å². The summed E-state index contributed by atoms with van der Waals surface area (Å²) in [5.41, 5.74) is 0.654. The lowest BCUT2D eigenvalue weighted by molar-refractivity contribution is -0.118. The monoisotopic (exact) mass is 251 g/mol. The molecule has 1 rings (SSSR count). The fourth-order valence-corrected chi connectivity index (χ4v) is 2.07. The Hall–Kier alpha value is -1.58. The van der Waals surface area contributed by atoms with Gasteiger partial charge in [0.25, 0.3) is 0 Å². The van der Waals surface area contributed by atoms with E-state index in [4.69, 9.17) is 4.84 Å². The molecule has 100 valence electrons. The molecule has 4 heteroatoms. The molecule has 0 aliphatic heterocycles. The van der Waals surface area contributed by atoms with E-state index in [2.05, 4.69) is 11.7 Å². The average Bonchev–Trinajstić information content (AvgIpc) is 2.24. The van der Waals surface area contributed by atoms with Gasteiger partial charge in [-0.1, -0.05) is 38.6 Å². The van der Waals surface area contributed by atoms with Crippen LogP contribution in [0.15, 0.2) is 29.1 Å². The van der Waals surface area contributed by atoms with Crippen molar-refractivity contribution < 1.29 is 14.7 Å². The normalized spacial score (nSPS) is 19.9. The SMILES string of the molecule is C=CCON=C(CC)C1=C(O)CC(C)(C)CC1=O. The second kappa shape index (κ2) is 5.85. The molecule has 0 atom stereocenters. The van der Waals surface area contributed by atoms with Crippen LogP contribution in [0.4, 0.5) is 0 Å². The first-order valence-electron chi connectivity index (χ1n) is 6.16. The van der Waals surface area contributed by atoms with Gasteiger partial charge < -0.3 is 9.94 Å². The molecular formula is C14H21NO3. The third-order valence-corrected chi connectivity index (χ3v) is 2.84. The lowest BCUT2D eigenvalue weighted by Crippen LogP contribution is -2.29. The summed E-state index contributed by atoms with van der Waals surface area (Å²) in [4.78, 5) is 17.1. The number of rotatable bonds is 5. The van der Waals surface area contributed by atoms with E-state index >= 15 is 0 Å². The second-order valence-electron chi connectivity index (χ2n) is 5.24. The molecule has 4 nitrogen and oxygen atoms in total. The first-order chi connectivity index (χ1) is 8.41. The molecule has 1 N–H and O–H groups in total. The van der Waals surface area contributed by atoms with E-state index in [1.807, 2.05) is 20.8 Å². The van der Waals surface area contributed by atoms with Crippen LogP contribution in [0, 0.1) is 5.41 Å². The van der Waals surface area contributed by atoms with Gasteiger partial charge >= 0.3 is 0 Å². The Kier molecular flexibility index (Phi) is 4.70. The van der Waals surface area contributed by atoms with Crippen molar-refractivity contribution >= 4 is 11.5 Å². The van der Waals surface area contributed by atoms with Gasteiger partial charge in [-0.3, -0.25) is 4.79 Å². The van der Waals surface area contributed by atoms with E-state index in [0.29, 0.717) is 30.5 Å². The van der Waals surface area contributed by atoms with Crippen molar-refractivity contribution in [1.29, 1.82) is 0 Å². The highest BCUT2D eigenvalue weighted by Gasteiger charge is 2.34. The standard InChI is InChI=1S/C14H21NO3/c1-5-7-18-15-10(6-2)13-11(16)8-14(3,4)9-12(13)17/h5,16H,1,6-9H2,2-4H3. The second-order valence-corrected chi connectivity index (χ2v) is 5.24. The summed E-state index contributed by atoms with van der Waals surface area (Å²) >= 11 is 0. The minimum atomic E-state index is -0.189. The van der Waals surface area contributed by atoms with Crippen LogP contribution in [-0.2, 0) is 9.63 Å². The highest BCUT2D eigenvalue weighted by molar-refractivity contribution is 6.23. The fraction of sp³-hybridized carbons (Fsp3) is 0.571. The van der Waals surface area contributed by atoms with Crippen molar-refractivity contribution in [3.05, 3.63) is 24.0 Å². The number of nitrogens with zero attached hydrogens (tertiary/aromatic N) is 1. The van der Waals surface area contributed by atoms with Crippen LogP contribution in [0.25, 0.3) is 0 Å². The molecule has 0 amide bonds. The number of aliphatic hydroxyl groups excluding tert-OH is 1. The zero-order valence-electron chi connectivity index (χ0n) is 11.3. The molecule has 0 fully saturated rings. The smallest absolute Gasteiger partial charge is 0.168 e. The van der Waals surface area contributed by atoms with Crippen LogP contribution in [-0.4, -0.2) is 23.2 Å². The number of carbonyl (C=O) groups is 1. The van der Waals surface area contributed by atoms with Gasteiger partial charge in [0.1, 0.15) is 12.4 Å². The molecule has 0 saturated carbocycles. The topological polar surface area (TPSA) is 58.9 Å². The van der Waals surface area contributed by atoms with E-state index in [1.54, 1.807) is 6.08 Å². The molecule has 0 spiro atoms. The van der Waals surface area contributed by atoms with E-state index in [9.17, 15) is 9.90 Å². The maximum absolute atomic E-state index is 12.1. The molecule has 0 saturated heterocycles. The van der Waals surface area contributed by atoms with E-state index in [-0.39, 0.29) is 23.6 Å². The molecule has 1 aliphatic rings. The molecule has 0 aromatic heterocycles. The van der Waals surface area contributed by atoms with Gasteiger partial charge in [-0.15, -0.1) is 0 Å². The Balaban J connectivity index is 3.01. The molecule has 0 aromatic carbocycles. The molecule has 0 aromatic rings. The number of aliphatic hydroxyl groups is 1. The Bertz CT molecular complexity index is 405. The van der Waals surface area contributed by atoms with Crippen molar-refractivity contribution in [3.63, 3.8) is 0 Å². The van der Waals surface area contributed by atoms with Gasteiger partial charge in [0.05, 0.1) is 11.3 Å². The summed E-state index contributed by atoms with van der Waals surface area (Å²) in [5.74, 6) is 0.0607. The van der Waals surface area contributed by atoms with Crippen molar-refractivity contribution in [3.8, 4) is 0 Å². The number of Topliss-reactive ketones (excluding diaryl/α,β-unsaturated/α-hetero) is 1. The van der Waals surface area contributed by atoms with Crippen LogP contribution < -0.4 is 0 Å². The number of hydrogen-bond donors (Lipinski definition) is 1. The van der Waals surface area contributed by atoms with E-state index in [1.165, 1.54) is 0 Å². The zero-order chi connectivity index (χ0) is 13.8. The third-order valence-electron chi connectivity index (χ3n) is 2.84. The molecule has 0 bridgehead atoms. The maximum Gasteiger partial charge on any atom is 0.168 e. The van der Waals surface area contributed by atoms with Crippen molar-refractivity contribution in [2.45, 2.75) is 40.0 Å². The van der Waals surface area contributed by atoms with Gasteiger partial charge in [0.15, 0.2) is 5.78 Å². The van der Waals surface area contributed by atoms with Crippen molar-refractivity contribution in [1.82, 2.24) is 0 Å². The summed E-state index contributed by atoms with van der Waals surface area (Å²) < 4.78 is 0. The Morgan fingerprint density at radius 3 is 2.72 bits per heavy atom. The van der Waals surface area contributed by atoms with Crippen molar-refractivity contribution in [2.75, 3.05) is 6.61 Å². The highest BCUT2D eigenvalue weighted by Crippen LogP contribution is 2.36. The molecule has 0 radical (unpaired) electrons. The van der Waals surface area contributed by atoms with E-state index < -0.39 is 0 Å². The number of hydrogen-bond acceptors (Lipinski definition) is 4. The maximum atomic E-state index is 12.1. The predicted octanol–water partition coefficient (Wildman–Crippen LogP) is 3.16. The summed E-state index contributed by atoms with van der Waals surface area (Å²) in [6.45, 7) is 9.62. The fourth-order valence-electron chi connectivity index (χ4n) is 2.07. The predicted molar refractivity (Wildman–Crippen MR) is 71.6 cm³/mol. The van der Waals surface area contributed by atoms with Crippen LogP contribution in [0.2, 0.25) is 0 Å². The summed E-state index contributed by atoms with van der Waals surface area (Å²) in [6, 6.07) is 0. The van der Waals surface area contributed by atoms with Gasteiger partial charge in [0, 0.05) is 12.8 Å². The Morgan fingerprint density at radius 1 is 1.56 bits per heavy atom. The quantitative estimate of drug-likeness (QED) is 0.353. The van der Waals surface area contributed by atoms with Gasteiger partial charge in [0.2, 0.25) is 0 Å². The van der Waals surface area contributed by atoms with Crippen LogP contribution in [0.1, 0.15) is 40.0 Å². The lowest BCUT2D eigenvalue weighted by atomic mass is 9.75.